The van der Waals surface area contributed by atoms with Crippen molar-refractivity contribution in [3.63, 3.8) is 0 Å². The van der Waals surface area contributed by atoms with Gasteiger partial charge in [0.15, 0.2) is 0 Å². The SMILES string of the molecule is CC1(COC(C(=O)Nc2cc(F)cc(F)c2)=C(C=N)N2CCN(S(=O)(=O)Cc3ccc(B4OC(C)(C)C(C)(C)O4)cc3)CC2)CC1. The Balaban J connectivity index is 1.25. The second-order valence-corrected chi connectivity index (χ2v) is 15.5. The van der Waals surface area contributed by atoms with E-state index in [2.05, 4.69) is 5.32 Å². The van der Waals surface area contributed by atoms with Crippen molar-refractivity contribution in [2.45, 2.75) is 64.4 Å². The third-order valence-corrected chi connectivity index (χ3v) is 11.0. The fourth-order valence-corrected chi connectivity index (χ4v) is 6.75. The first-order chi connectivity index (χ1) is 21.5. The third kappa shape index (κ3) is 7.62. The van der Waals surface area contributed by atoms with Crippen molar-refractivity contribution in [1.82, 2.24) is 9.21 Å². The van der Waals surface area contributed by atoms with E-state index in [1.54, 1.807) is 17.0 Å². The Morgan fingerprint density at radius 2 is 1.54 bits per heavy atom. The zero-order chi connectivity index (χ0) is 33.5. The minimum Gasteiger partial charge on any atom is -0.486 e. The van der Waals surface area contributed by atoms with Crippen molar-refractivity contribution in [2.75, 3.05) is 38.1 Å². The van der Waals surface area contributed by atoms with Gasteiger partial charge in [-0.05, 0) is 63.7 Å². The molecular formula is C32H41BF2N4O6S. The smallest absolute Gasteiger partial charge is 0.486 e. The van der Waals surface area contributed by atoms with E-state index in [1.165, 1.54) is 4.31 Å². The molecule has 0 bridgehead atoms. The number of amides is 1. The molecule has 0 aromatic heterocycles. The van der Waals surface area contributed by atoms with E-state index >= 15 is 0 Å². The Hall–Kier alpha value is -3.33. The molecule has 248 valence electrons. The number of sulfonamides is 1. The summed E-state index contributed by atoms with van der Waals surface area (Å²) in [6.07, 6.45) is 2.84. The lowest BCUT2D eigenvalue weighted by Crippen LogP contribution is -2.49. The zero-order valence-corrected chi connectivity index (χ0v) is 27.7. The number of allylic oxidation sites excluding steroid dienone is 1. The van der Waals surface area contributed by atoms with Crippen LogP contribution in [0.25, 0.3) is 0 Å². The highest BCUT2D eigenvalue weighted by Crippen LogP contribution is 2.45. The fourth-order valence-electron chi connectivity index (χ4n) is 5.23. The molecule has 0 spiro atoms. The van der Waals surface area contributed by atoms with Gasteiger partial charge in [-0.1, -0.05) is 31.2 Å². The second kappa shape index (κ2) is 12.7. The number of ether oxygens (including phenoxy) is 1. The van der Waals surface area contributed by atoms with Crippen LogP contribution in [0.5, 0.6) is 0 Å². The number of benzene rings is 2. The summed E-state index contributed by atoms with van der Waals surface area (Å²) in [5.74, 6) is -2.81. The van der Waals surface area contributed by atoms with Gasteiger partial charge in [-0.15, -0.1) is 0 Å². The van der Waals surface area contributed by atoms with Crippen molar-refractivity contribution >= 4 is 40.4 Å². The first kappa shape index (κ1) is 34.0. The molecule has 2 aromatic carbocycles. The van der Waals surface area contributed by atoms with Gasteiger partial charge in [0.05, 0.1) is 23.6 Å². The summed E-state index contributed by atoms with van der Waals surface area (Å²) < 4.78 is 73.8. The van der Waals surface area contributed by atoms with Gasteiger partial charge in [0, 0.05) is 49.6 Å². The number of halogens is 2. The van der Waals surface area contributed by atoms with Gasteiger partial charge in [-0.2, -0.15) is 4.31 Å². The highest BCUT2D eigenvalue weighted by atomic mass is 32.2. The van der Waals surface area contributed by atoms with E-state index in [-0.39, 0.29) is 61.1 Å². The average Bonchev–Trinajstić information content (AvgIpc) is 3.65. The van der Waals surface area contributed by atoms with Crippen LogP contribution in [0.15, 0.2) is 53.9 Å². The topological polar surface area (TPSA) is 121 Å². The van der Waals surface area contributed by atoms with Crippen molar-refractivity contribution in [1.29, 1.82) is 5.41 Å². The molecule has 2 N–H and O–H groups in total. The zero-order valence-electron chi connectivity index (χ0n) is 26.9. The van der Waals surface area contributed by atoms with E-state index in [1.807, 2.05) is 46.8 Å². The molecule has 1 saturated carbocycles. The van der Waals surface area contributed by atoms with Crippen LogP contribution >= 0.6 is 0 Å². The number of carbonyl (C=O) groups excluding carboxylic acids is 1. The van der Waals surface area contributed by atoms with Crippen LogP contribution in [-0.2, 0) is 34.6 Å². The summed E-state index contributed by atoms with van der Waals surface area (Å²) >= 11 is 0. The highest BCUT2D eigenvalue weighted by molar-refractivity contribution is 7.88. The van der Waals surface area contributed by atoms with Crippen LogP contribution in [0.1, 0.15) is 53.0 Å². The molecule has 0 atom stereocenters. The first-order valence-corrected chi connectivity index (χ1v) is 16.9. The number of rotatable bonds is 11. The lowest BCUT2D eigenvalue weighted by Gasteiger charge is -2.36. The van der Waals surface area contributed by atoms with Gasteiger partial charge in [-0.25, -0.2) is 17.2 Å². The van der Waals surface area contributed by atoms with Crippen molar-refractivity contribution in [3.05, 3.63) is 71.1 Å². The maximum Gasteiger partial charge on any atom is 0.494 e. The molecule has 3 fully saturated rings. The summed E-state index contributed by atoms with van der Waals surface area (Å²) in [5, 5.41) is 10.6. The number of hydrogen-bond donors (Lipinski definition) is 2. The molecule has 0 radical (unpaired) electrons. The summed E-state index contributed by atoms with van der Waals surface area (Å²) in [6.45, 7) is 10.8. The van der Waals surface area contributed by atoms with E-state index < -0.39 is 45.9 Å². The van der Waals surface area contributed by atoms with Gasteiger partial charge in [0.25, 0.3) is 5.91 Å². The Bertz CT molecular complexity index is 1590. The number of piperazine rings is 1. The van der Waals surface area contributed by atoms with Crippen molar-refractivity contribution in [3.8, 4) is 0 Å². The molecule has 46 heavy (non-hydrogen) atoms. The molecule has 2 heterocycles. The van der Waals surface area contributed by atoms with Gasteiger partial charge < -0.3 is 29.7 Å². The predicted molar refractivity (Wildman–Crippen MR) is 172 cm³/mol. The molecule has 10 nitrogen and oxygen atoms in total. The number of hydrogen-bond acceptors (Lipinski definition) is 8. The van der Waals surface area contributed by atoms with E-state index in [0.717, 1.165) is 36.7 Å². The summed E-state index contributed by atoms with van der Waals surface area (Å²) in [6, 6.07) is 9.83. The monoisotopic (exact) mass is 658 g/mol. The van der Waals surface area contributed by atoms with Crippen LogP contribution in [0.2, 0.25) is 0 Å². The van der Waals surface area contributed by atoms with Gasteiger partial charge >= 0.3 is 7.12 Å². The van der Waals surface area contributed by atoms with Gasteiger partial charge in [0.2, 0.25) is 15.8 Å². The van der Waals surface area contributed by atoms with E-state index in [9.17, 15) is 22.0 Å². The minimum absolute atomic E-state index is 0.0921. The van der Waals surface area contributed by atoms with Crippen LogP contribution in [-0.4, -0.2) is 80.9 Å². The number of carbonyl (C=O) groups is 1. The van der Waals surface area contributed by atoms with Crippen LogP contribution < -0.4 is 10.8 Å². The lowest BCUT2D eigenvalue weighted by atomic mass is 9.79. The summed E-state index contributed by atoms with van der Waals surface area (Å²) in [4.78, 5) is 15.0. The van der Waals surface area contributed by atoms with Crippen molar-refractivity contribution < 1.29 is 36.0 Å². The summed E-state index contributed by atoms with van der Waals surface area (Å²) in [5.41, 5.74) is 0.429. The molecule has 14 heteroatoms. The predicted octanol–water partition coefficient (Wildman–Crippen LogP) is 4.03. The molecule has 3 aliphatic rings. The lowest BCUT2D eigenvalue weighted by molar-refractivity contribution is -0.116. The molecule has 1 aliphatic carbocycles. The number of anilines is 1. The minimum atomic E-state index is -3.68. The largest absolute Gasteiger partial charge is 0.494 e. The van der Waals surface area contributed by atoms with Crippen LogP contribution in [0, 0.1) is 22.5 Å². The third-order valence-electron chi connectivity index (χ3n) is 9.19. The Morgan fingerprint density at radius 3 is 2.07 bits per heavy atom. The number of nitrogens with zero attached hydrogens (tertiary/aromatic N) is 2. The van der Waals surface area contributed by atoms with Crippen LogP contribution in [0.4, 0.5) is 14.5 Å². The quantitative estimate of drug-likeness (QED) is 0.162. The number of nitrogens with one attached hydrogen (secondary N) is 2. The summed E-state index contributed by atoms with van der Waals surface area (Å²) in [7, 11) is -4.22. The fraction of sp³-hybridized carbons (Fsp3) is 0.500. The van der Waals surface area contributed by atoms with Gasteiger partial charge in [-0.3, -0.25) is 4.79 Å². The highest BCUT2D eigenvalue weighted by Gasteiger charge is 2.51. The second-order valence-electron chi connectivity index (χ2n) is 13.5. The van der Waals surface area contributed by atoms with Crippen molar-refractivity contribution in [2.24, 2.45) is 5.41 Å². The molecule has 1 amide bonds. The maximum absolute atomic E-state index is 13.8. The molecule has 2 aliphatic heterocycles. The average molecular weight is 659 g/mol. The Morgan fingerprint density at radius 1 is 0.978 bits per heavy atom. The molecule has 5 rings (SSSR count). The molecule has 2 aromatic rings. The van der Waals surface area contributed by atoms with E-state index in [4.69, 9.17) is 19.5 Å². The van der Waals surface area contributed by atoms with E-state index in [0.29, 0.717) is 11.6 Å². The normalized spacial score (nSPS) is 21.0. The first-order valence-electron chi connectivity index (χ1n) is 15.3. The molecule has 2 saturated heterocycles. The maximum atomic E-state index is 13.8. The Labute approximate surface area is 269 Å². The Kier molecular flexibility index (Phi) is 9.39. The molecular weight excluding hydrogens is 617 g/mol. The van der Waals surface area contributed by atoms with Crippen LogP contribution in [0.3, 0.4) is 0 Å². The van der Waals surface area contributed by atoms with Gasteiger partial charge in [0.1, 0.15) is 17.3 Å². The molecule has 0 unspecified atom stereocenters. The standard InChI is InChI=1S/C32H41BF2N4O6S/c1-30(2)31(3,4)45-33(44-30)23-8-6-22(7-9-23)20-46(41,42)39-14-12-38(13-15-39)27(19-36)28(43-21-32(5)10-11-32)29(40)37-26-17-24(34)16-25(35)18-26/h6-9,16-19,36H,10-15,20-21H2,1-5H3,(H,37,40).